The van der Waals surface area contributed by atoms with Gasteiger partial charge in [0, 0.05) is 23.4 Å². The van der Waals surface area contributed by atoms with E-state index in [4.69, 9.17) is 42.1 Å². The minimum atomic E-state index is -1.50. The number of benzene rings is 2. The zero-order chi connectivity index (χ0) is 35.7. The number of thiophene rings is 1. The smallest absolute Gasteiger partial charge is 0.348 e. The van der Waals surface area contributed by atoms with Crippen LogP contribution in [-0.4, -0.2) is 75.0 Å². The Balaban J connectivity index is 0.00000583. The van der Waals surface area contributed by atoms with Gasteiger partial charge in [-0.2, -0.15) is 0 Å². The molecule has 14 heteroatoms. The molecule has 1 aliphatic heterocycles. The fourth-order valence-corrected chi connectivity index (χ4v) is 7.28. The number of ether oxygens (including phenoxy) is 4. The van der Waals surface area contributed by atoms with E-state index in [1.165, 1.54) is 18.4 Å². The first-order valence-electron chi connectivity index (χ1n) is 16.3. The fourth-order valence-electron chi connectivity index (χ4n) is 5.92. The van der Waals surface area contributed by atoms with Crippen LogP contribution in [0.2, 0.25) is 10.0 Å². The summed E-state index contributed by atoms with van der Waals surface area (Å²) in [6.07, 6.45) is 4.54. The van der Waals surface area contributed by atoms with Gasteiger partial charge < -0.3 is 34.4 Å². The summed E-state index contributed by atoms with van der Waals surface area (Å²) in [4.78, 5) is 33.6. The second-order valence-corrected chi connectivity index (χ2v) is 14.2. The Kier molecular flexibility index (Phi) is 14.6. The number of pyridine rings is 1. The molecule has 4 N–H and O–H groups in total. The number of hydrogen-bond acceptors (Lipinski definition) is 11. The molecule has 1 fully saturated rings. The van der Waals surface area contributed by atoms with Crippen molar-refractivity contribution in [1.29, 1.82) is 0 Å². The van der Waals surface area contributed by atoms with Crippen molar-refractivity contribution >= 4 is 46.5 Å². The summed E-state index contributed by atoms with van der Waals surface area (Å²) in [7, 11) is 5.16. The maximum Gasteiger partial charge on any atom is 0.348 e. The minimum absolute atomic E-state index is 0. The zero-order valence-electron chi connectivity index (χ0n) is 28.7. The van der Waals surface area contributed by atoms with E-state index >= 15 is 0 Å². The molecule has 1 unspecified atom stereocenters. The quantitative estimate of drug-likeness (QED) is 0.144. The molecule has 1 saturated heterocycles. The van der Waals surface area contributed by atoms with E-state index in [-0.39, 0.29) is 31.0 Å². The van der Waals surface area contributed by atoms with Gasteiger partial charge in [-0.05, 0) is 74.3 Å². The number of rotatable bonds is 15. The molecule has 0 amide bonds. The largest absolute Gasteiger partial charge is 0.870 e. The lowest BCUT2D eigenvalue weighted by Gasteiger charge is -2.33. The summed E-state index contributed by atoms with van der Waals surface area (Å²) >= 11 is 14.2. The highest BCUT2D eigenvalue weighted by atomic mass is 35.5. The van der Waals surface area contributed by atoms with Gasteiger partial charge in [0.05, 0.1) is 27.4 Å². The van der Waals surface area contributed by atoms with Crippen LogP contribution in [0.25, 0.3) is 0 Å². The number of H-pyrrole nitrogens is 1. The molecule has 4 aromatic rings. The average Bonchev–Trinajstić information content (AvgIpc) is 3.62. The molecule has 1 aliphatic rings. The lowest BCUT2D eigenvalue weighted by molar-refractivity contribution is -0.377. The van der Waals surface area contributed by atoms with E-state index in [1.807, 2.05) is 18.2 Å². The van der Waals surface area contributed by atoms with Gasteiger partial charge in [0.2, 0.25) is 0 Å². The molecule has 2 aromatic heterocycles. The molecule has 2 aromatic carbocycles. The number of methoxy groups -OCH3 is 2. The van der Waals surface area contributed by atoms with Crippen molar-refractivity contribution in [2.24, 2.45) is 5.92 Å². The van der Waals surface area contributed by atoms with Gasteiger partial charge >= 0.3 is 11.9 Å². The van der Waals surface area contributed by atoms with E-state index in [0.717, 1.165) is 30.8 Å². The van der Waals surface area contributed by atoms with E-state index in [9.17, 15) is 14.7 Å². The molecule has 0 spiro atoms. The first-order chi connectivity index (χ1) is 24.2. The monoisotopic (exact) mass is 759 g/mol. The molecule has 3 heterocycles. The van der Waals surface area contributed by atoms with Crippen LogP contribution >= 0.6 is 34.5 Å². The number of esters is 2. The topological polar surface area (TPSA) is 151 Å². The van der Waals surface area contributed by atoms with Crippen molar-refractivity contribution in [3.05, 3.63) is 110 Å². The molecule has 0 bridgehead atoms. The standard InChI is InChI=1S/C37H41Cl2N3O7S.H2O/c1-42-15-13-24(14-16-42)22-48-36(45)37(23-43,26-7-5-4-6-8-26)41-19-27-10-12-34(50-27)35(44)49-32(18-28-29(38)20-40-21-30(28)39)25-9-11-31(46-2)33(17-25)47-3;/h4-12,17,20-21,24,32,41,43H,13-16,18-19,22-23H2,1-3H3;1H2/t32-,37?;/m0./s1. The third-order valence-electron chi connectivity index (χ3n) is 8.98. The second-order valence-electron chi connectivity index (χ2n) is 12.2. The van der Waals surface area contributed by atoms with Crippen molar-refractivity contribution in [2.45, 2.75) is 37.5 Å². The molecule has 0 aliphatic carbocycles. The number of carbonyl (C=O) groups excluding carboxylic acids is 2. The molecule has 0 radical (unpaired) electrons. The first-order valence-corrected chi connectivity index (χ1v) is 17.9. The van der Waals surface area contributed by atoms with Crippen molar-refractivity contribution in [3.8, 4) is 11.5 Å². The Morgan fingerprint density at radius 1 is 1.02 bits per heavy atom. The average molecular weight is 761 g/mol. The lowest BCUT2D eigenvalue weighted by atomic mass is 9.90. The fraction of sp³-hybridized carbons (Fsp3) is 0.378. The van der Waals surface area contributed by atoms with Crippen molar-refractivity contribution in [3.63, 3.8) is 0 Å². The van der Waals surface area contributed by atoms with Gasteiger partial charge in [-0.3, -0.25) is 5.32 Å². The van der Waals surface area contributed by atoms with Crippen LogP contribution in [0.4, 0.5) is 0 Å². The Bertz CT molecular complexity index is 1730. The van der Waals surface area contributed by atoms with Crippen molar-refractivity contribution in [1.82, 2.24) is 10.2 Å². The highest BCUT2D eigenvalue weighted by molar-refractivity contribution is 7.13. The van der Waals surface area contributed by atoms with Crippen LogP contribution < -0.4 is 19.8 Å². The van der Waals surface area contributed by atoms with E-state index in [0.29, 0.717) is 43.1 Å². The van der Waals surface area contributed by atoms with Crippen LogP contribution in [0.5, 0.6) is 11.5 Å². The summed E-state index contributed by atoms with van der Waals surface area (Å²) < 4.78 is 22.9. The SMILES string of the molecule is COc1ccc([C@H](Cc2c(Cl)c[nH+]cc2Cl)OC(=O)c2ccc(CNC(CO)(C(=O)OCC3CCN(C)CC3)c3ccccc3)s2)cc1OC.[OH-]. The number of aromatic nitrogens is 1. The molecule has 274 valence electrons. The van der Waals surface area contributed by atoms with E-state index in [2.05, 4.69) is 22.2 Å². The van der Waals surface area contributed by atoms with Gasteiger partial charge in [0.25, 0.3) is 0 Å². The molecule has 2 atom stereocenters. The Morgan fingerprint density at radius 3 is 2.35 bits per heavy atom. The Hall–Kier alpha value is -3.75. The third kappa shape index (κ3) is 9.78. The predicted octanol–water partition coefficient (Wildman–Crippen LogP) is 5.71. The maximum atomic E-state index is 13.7. The number of hydrogen-bond donors (Lipinski definition) is 2. The number of aromatic amines is 1. The predicted molar refractivity (Wildman–Crippen MR) is 194 cm³/mol. The number of aliphatic hydroxyl groups is 1. The lowest BCUT2D eigenvalue weighted by Crippen LogP contribution is -2.53. The first kappa shape index (κ1) is 40.0. The molecular weight excluding hydrogens is 717 g/mol. The number of nitrogens with zero attached hydrogens (tertiary/aromatic N) is 1. The maximum absolute atomic E-state index is 13.7. The number of piperidine rings is 1. The van der Waals surface area contributed by atoms with Gasteiger partial charge in [-0.15, -0.1) is 11.3 Å². The van der Waals surface area contributed by atoms with Crippen LogP contribution in [0.1, 0.15) is 50.2 Å². The minimum Gasteiger partial charge on any atom is -0.870 e. The molecule has 0 saturated carbocycles. The summed E-state index contributed by atoms with van der Waals surface area (Å²) in [6, 6.07) is 17.8. The zero-order valence-corrected chi connectivity index (χ0v) is 31.0. The van der Waals surface area contributed by atoms with Crippen LogP contribution in [-0.2, 0) is 32.8 Å². The number of likely N-dealkylation sites (tertiary alicyclic amines) is 1. The number of aliphatic hydroxyl groups excluding tert-OH is 1. The van der Waals surface area contributed by atoms with Gasteiger partial charge in [0.1, 0.15) is 21.0 Å². The van der Waals surface area contributed by atoms with Gasteiger partial charge in [0.15, 0.2) is 29.4 Å². The summed E-state index contributed by atoms with van der Waals surface area (Å²) in [5.74, 6) is 0.176. The highest BCUT2D eigenvalue weighted by Gasteiger charge is 2.41. The summed E-state index contributed by atoms with van der Waals surface area (Å²) in [6.45, 7) is 1.86. The molecular formula is C37H43Cl2N3O8S. The van der Waals surface area contributed by atoms with E-state index < -0.39 is 30.2 Å². The van der Waals surface area contributed by atoms with E-state index in [1.54, 1.807) is 62.0 Å². The van der Waals surface area contributed by atoms with Gasteiger partial charge in [-0.25, -0.2) is 14.6 Å². The Labute approximate surface area is 311 Å². The third-order valence-corrected chi connectivity index (χ3v) is 10.7. The van der Waals surface area contributed by atoms with Crippen molar-refractivity contribution in [2.75, 3.05) is 47.6 Å². The van der Waals surface area contributed by atoms with Crippen LogP contribution in [0.3, 0.4) is 0 Å². The van der Waals surface area contributed by atoms with Crippen LogP contribution in [0.15, 0.2) is 73.1 Å². The second kappa shape index (κ2) is 18.7. The number of halogens is 2. The van der Waals surface area contributed by atoms with Crippen molar-refractivity contribution < 1.29 is 44.1 Å². The van der Waals surface area contributed by atoms with Gasteiger partial charge in [-0.1, -0.05) is 59.6 Å². The summed E-state index contributed by atoms with van der Waals surface area (Å²) in [5, 5.41) is 14.8. The summed E-state index contributed by atoms with van der Waals surface area (Å²) in [5.41, 5.74) is 0.353. The van der Waals surface area contributed by atoms with Crippen LogP contribution in [0, 0.1) is 5.92 Å². The normalized spacial score (nSPS) is 15.3. The Morgan fingerprint density at radius 2 is 1.71 bits per heavy atom. The molecule has 5 rings (SSSR count). The highest BCUT2D eigenvalue weighted by Crippen LogP contribution is 2.36. The number of nitrogens with one attached hydrogen (secondary N) is 2. The molecule has 11 nitrogen and oxygen atoms in total. The molecule has 51 heavy (non-hydrogen) atoms. The number of carbonyl (C=O) groups is 2.